The first-order chi connectivity index (χ1) is 11.1. The van der Waals surface area contributed by atoms with E-state index in [2.05, 4.69) is 49.5 Å². The van der Waals surface area contributed by atoms with E-state index in [9.17, 15) is 0 Å². The molecule has 0 amide bonds. The summed E-state index contributed by atoms with van der Waals surface area (Å²) in [6.07, 6.45) is 3.09. The Labute approximate surface area is 142 Å². The van der Waals surface area contributed by atoms with Crippen LogP contribution in [-0.2, 0) is 13.0 Å². The van der Waals surface area contributed by atoms with Gasteiger partial charge in [-0.1, -0.05) is 6.92 Å². The molecule has 3 heterocycles. The van der Waals surface area contributed by atoms with Crippen molar-refractivity contribution in [2.24, 2.45) is 0 Å². The summed E-state index contributed by atoms with van der Waals surface area (Å²) in [6, 6.07) is 2.12. The summed E-state index contributed by atoms with van der Waals surface area (Å²) >= 11 is 5.30. The number of rotatable bonds is 4. The molecule has 1 aliphatic heterocycles. The van der Waals surface area contributed by atoms with Crippen LogP contribution in [-0.4, -0.2) is 37.8 Å². The molecule has 1 aliphatic rings. The second-order valence-electron chi connectivity index (χ2n) is 6.01. The summed E-state index contributed by atoms with van der Waals surface area (Å²) in [5.41, 5.74) is 1.11. The number of anilines is 1. The Morgan fingerprint density at radius 1 is 1.26 bits per heavy atom. The fourth-order valence-corrected chi connectivity index (χ4v) is 3.54. The van der Waals surface area contributed by atoms with Crippen molar-refractivity contribution in [2.45, 2.75) is 52.5 Å². The average molecular weight is 332 g/mol. The third-order valence-electron chi connectivity index (χ3n) is 4.53. The highest BCUT2D eigenvalue weighted by Crippen LogP contribution is 2.29. The zero-order chi connectivity index (χ0) is 16.4. The minimum absolute atomic E-state index is 0.465. The molecular weight excluding hydrogens is 308 g/mol. The molecule has 2 aromatic rings. The first-order valence-electron chi connectivity index (χ1n) is 8.37. The lowest BCUT2D eigenvalue weighted by molar-refractivity contribution is 0.464. The van der Waals surface area contributed by atoms with Gasteiger partial charge >= 0.3 is 0 Å². The molecule has 0 radical (unpaired) electrons. The molecule has 0 bridgehead atoms. The zero-order valence-corrected chi connectivity index (χ0v) is 14.9. The Kier molecular flexibility index (Phi) is 4.75. The van der Waals surface area contributed by atoms with E-state index in [4.69, 9.17) is 12.2 Å². The standard InChI is InChI=1S/C16H24N6S/c1-4-13-10-14(18-11(3)17-13)21-8-6-12(7-9-21)15-19-20-16(23)22(15)5-2/h10,12H,4-9H2,1-3H3,(H,20,23). The van der Waals surface area contributed by atoms with E-state index in [1.54, 1.807) is 0 Å². The average Bonchev–Trinajstić information content (AvgIpc) is 2.95. The smallest absolute Gasteiger partial charge is 0.195 e. The van der Waals surface area contributed by atoms with Crippen LogP contribution in [0.3, 0.4) is 0 Å². The van der Waals surface area contributed by atoms with E-state index in [0.29, 0.717) is 5.92 Å². The van der Waals surface area contributed by atoms with Crippen molar-refractivity contribution in [1.82, 2.24) is 24.7 Å². The quantitative estimate of drug-likeness (QED) is 0.872. The molecule has 0 aliphatic carbocycles. The van der Waals surface area contributed by atoms with Gasteiger partial charge in [0.15, 0.2) is 4.77 Å². The fraction of sp³-hybridized carbons (Fsp3) is 0.625. The third-order valence-corrected chi connectivity index (χ3v) is 4.84. The van der Waals surface area contributed by atoms with Gasteiger partial charge in [0.05, 0.1) is 0 Å². The van der Waals surface area contributed by atoms with Gasteiger partial charge < -0.3 is 9.47 Å². The molecule has 1 fully saturated rings. The number of aromatic amines is 1. The SMILES string of the molecule is CCc1cc(N2CCC(c3n[nH]c(=S)n3CC)CC2)nc(C)n1. The minimum Gasteiger partial charge on any atom is -0.356 e. The molecule has 0 saturated carbocycles. The maximum absolute atomic E-state index is 5.30. The van der Waals surface area contributed by atoms with Gasteiger partial charge in [-0.2, -0.15) is 5.10 Å². The van der Waals surface area contributed by atoms with Crippen LogP contribution in [0.15, 0.2) is 6.07 Å². The highest BCUT2D eigenvalue weighted by molar-refractivity contribution is 7.71. The Morgan fingerprint density at radius 3 is 2.65 bits per heavy atom. The van der Waals surface area contributed by atoms with Crippen LogP contribution in [0, 0.1) is 11.7 Å². The van der Waals surface area contributed by atoms with Crippen LogP contribution in [0.25, 0.3) is 0 Å². The lowest BCUT2D eigenvalue weighted by atomic mass is 9.96. The summed E-state index contributed by atoms with van der Waals surface area (Å²) in [5, 5.41) is 7.38. The van der Waals surface area contributed by atoms with Gasteiger partial charge in [-0.25, -0.2) is 9.97 Å². The van der Waals surface area contributed by atoms with Crippen molar-refractivity contribution >= 4 is 18.0 Å². The van der Waals surface area contributed by atoms with Crippen molar-refractivity contribution in [2.75, 3.05) is 18.0 Å². The number of H-pyrrole nitrogens is 1. The van der Waals surface area contributed by atoms with Gasteiger partial charge in [-0.05, 0) is 45.3 Å². The number of hydrogen-bond donors (Lipinski definition) is 1. The molecule has 23 heavy (non-hydrogen) atoms. The van der Waals surface area contributed by atoms with Crippen LogP contribution in [0.1, 0.15) is 49.9 Å². The molecule has 0 atom stereocenters. The lowest BCUT2D eigenvalue weighted by Crippen LogP contribution is -2.34. The van der Waals surface area contributed by atoms with Crippen LogP contribution < -0.4 is 4.90 Å². The highest BCUT2D eigenvalue weighted by Gasteiger charge is 2.25. The molecule has 0 aromatic carbocycles. The number of piperidine rings is 1. The van der Waals surface area contributed by atoms with E-state index >= 15 is 0 Å². The van der Waals surface area contributed by atoms with E-state index < -0.39 is 0 Å². The monoisotopic (exact) mass is 332 g/mol. The number of aromatic nitrogens is 5. The summed E-state index contributed by atoms with van der Waals surface area (Å²) in [7, 11) is 0. The molecule has 3 rings (SSSR count). The Balaban J connectivity index is 1.73. The number of nitrogens with one attached hydrogen (secondary N) is 1. The normalized spacial score (nSPS) is 16.0. The van der Waals surface area contributed by atoms with Gasteiger partial charge in [0.1, 0.15) is 17.5 Å². The Hall–Kier alpha value is -1.76. The fourth-order valence-electron chi connectivity index (χ4n) is 3.27. The lowest BCUT2D eigenvalue weighted by Gasteiger charge is -2.32. The summed E-state index contributed by atoms with van der Waals surface area (Å²) in [4.78, 5) is 11.4. The van der Waals surface area contributed by atoms with Gasteiger partial charge in [0, 0.05) is 37.3 Å². The van der Waals surface area contributed by atoms with Crippen molar-refractivity contribution < 1.29 is 0 Å². The second-order valence-corrected chi connectivity index (χ2v) is 6.40. The number of nitrogens with zero attached hydrogens (tertiary/aromatic N) is 5. The molecule has 1 N–H and O–H groups in total. The van der Waals surface area contributed by atoms with E-state index in [0.717, 1.165) is 66.8 Å². The predicted octanol–water partition coefficient (Wildman–Crippen LogP) is 3.01. The van der Waals surface area contributed by atoms with E-state index in [1.807, 2.05) is 6.92 Å². The first kappa shape index (κ1) is 16.1. The molecule has 0 unspecified atom stereocenters. The van der Waals surface area contributed by atoms with E-state index in [1.165, 1.54) is 0 Å². The van der Waals surface area contributed by atoms with Crippen molar-refractivity contribution in [1.29, 1.82) is 0 Å². The van der Waals surface area contributed by atoms with Crippen LogP contribution in [0.2, 0.25) is 0 Å². The number of aryl methyl sites for hydroxylation is 2. The zero-order valence-electron chi connectivity index (χ0n) is 14.0. The van der Waals surface area contributed by atoms with Crippen molar-refractivity contribution in [3.8, 4) is 0 Å². The third kappa shape index (κ3) is 3.29. The molecule has 0 spiro atoms. The van der Waals surface area contributed by atoms with Gasteiger partial charge in [-0.15, -0.1) is 0 Å². The first-order valence-corrected chi connectivity index (χ1v) is 8.77. The topological polar surface area (TPSA) is 62.6 Å². The van der Waals surface area contributed by atoms with E-state index in [-0.39, 0.29) is 0 Å². The second kappa shape index (κ2) is 6.78. The predicted molar refractivity (Wildman–Crippen MR) is 93.4 cm³/mol. The Morgan fingerprint density at radius 2 is 2.00 bits per heavy atom. The summed E-state index contributed by atoms with van der Waals surface area (Å²) < 4.78 is 2.84. The highest BCUT2D eigenvalue weighted by atomic mass is 32.1. The molecule has 124 valence electrons. The number of hydrogen-bond acceptors (Lipinski definition) is 5. The molecule has 6 nitrogen and oxygen atoms in total. The summed E-state index contributed by atoms with van der Waals surface area (Å²) in [6.45, 7) is 9.07. The van der Waals surface area contributed by atoms with Gasteiger partial charge in [0.2, 0.25) is 0 Å². The minimum atomic E-state index is 0.465. The largest absolute Gasteiger partial charge is 0.356 e. The maximum atomic E-state index is 5.30. The van der Waals surface area contributed by atoms with Crippen LogP contribution in [0.5, 0.6) is 0 Å². The molecule has 2 aromatic heterocycles. The van der Waals surface area contributed by atoms with Gasteiger partial charge in [0.25, 0.3) is 0 Å². The molecular formula is C16H24N6S. The summed E-state index contributed by atoms with van der Waals surface area (Å²) in [5.74, 6) is 3.48. The Bertz CT molecular complexity index is 726. The van der Waals surface area contributed by atoms with Crippen molar-refractivity contribution in [3.05, 3.63) is 28.2 Å². The van der Waals surface area contributed by atoms with Crippen molar-refractivity contribution in [3.63, 3.8) is 0 Å². The molecule has 7 heteroatoms. The molecule has 1 saturated heterocycles. The van der Waals surface area contributed by atoms with Crippen LogP contribution >= 0.6 is 12.2 Å². The van der Waals surface area contributed by atoms with Gasteiger partial charge in [-0.3, -0.25) is 5.10 Å². The maximum Gasteiger partial charge on any atom is 0.195 e. The van der Waals surface area contributed by atoms with Crippen LogP contribution in [0.4, 0.5) is 5.82 Å².